The van der Waals surface area contributed by atoms with Gasteiger partial charge in [-0.1, -0.05) is 120 Å². The van der Waals surface area contributed by atoms with Crippen LogP contribution in [0.25, 0.3) is 22.5 Å². The number of hydrogen-bond donors (Lipinski definition) is 2. The van der Waals surface area contributed by atoms with Gasteiger partial charge in [-0.25, -0.2) is 0 Å². The summed E-state index contributed by atoms with van der Waals surface area (Å²) in [6.45, 7) is 9.46. The van der Waals surface area contributed by atoms with Crippen LogP contribution in [0.2, 0.25) is 0 Å². The minimum atomic E-state index is -0.710. The average Bonchev–Trinajstić information content (AvgIpc) is 3.89. The lowest BCUT2D eigenvalue weighted by molar-refractivity contribution is -0.137. The third-order valence-electron chi connectivity index (χ3n) is 9.98. The van der Waals surface area contributed by atoms with E-state index in [1.54, 1.807) is 0 Å². The van der Waals surface area contributed by atoms with Gasteiger partial charge >= 0.3 is 5.97 Å². The Kier molecular flexibility index (Phi) is 9.18. The van der Waals surface area contributed by atoms with Crippen molar-refractivity contribution in [3.8, 4) is 11.1 Å². The molecule has 2 N–H and O–H groups in total. The van der Waals surface area contributed by atoms with Gasteiger partial charge in [0.05, 0.1) is 17.1 Å². The quantitative estimate of drug-likeness (QED) is 0.132. The lowest BCUT2D eigenvalue weighted by Crippen LogP contribution is -2.27. The Balaban J connectivity index is 1.49. The van der Waals surface area contributed by atoms with Crippen molar-refractivity contribution in [2.45, 2.75) is 85.1 Å². The predicted molar refractivity (Wildman–Crippen MR) is 203 cm³/mol. The van der Waals surface area contributed by atoms with Crippen LogP contribution in [0.4, 0.5) is 17.2 Å². The molecule has 0 saturated heterocycles. The van der Waals surface area contributed by atoms with Crippen LogP contribution in [0.3, 0.4) is 0 Å². The zero-order valence-electron chi connectivity index (χ0n) is 29.2. The molecular weight excluding hydrogens is 603 g/mol. The molecule has 1 fully saturated rings. The van der Waals surface area contributed by atoms with E-state index in [2.05, 4.69) is 140 Å². The summed E-state index contributed by atoms with van der Waals surface area (Å²) < 4.78 is 2.62. The number of aromatic nitrogens is 1. The molecule has 4 aromatic carbocycles. The maximum atomic E-state index is 11.2. The number of aryl methyl sites for hydroxylation is 4. The minimum Gasteiger partial charge on any atom is -0.481 e. The molecule has 1 aliphatic heterocycles. The van der Waals surface area contributed by atoms with Crippen molar-refractivity contribution in [3.63, 3.8) is 0 Å². The number of fused-ring (bicyclic) bond motifs is 1. The minimum absolute atomic E-state index is 0.238. The molecular formula is C44H47N3O2. The number of nitrogens with zero attached hydrogens (tertiary/aromatic N) is 2. The molecule has 1 saturated carbocycles. The van der Waals surface area contributed by atoms with Crippen LogP contribution in [0.5, 0.6) is 0 Å². The van der Waals surface area contributed by atoms with Crippen molar-refractivity contribution in [1.82, 2.24) is 4.57 Å². The fraction of sp³-hybridized carbons (Fsp3) is 0.295. The van der Waals surface area contributed by atoms with Gasteiger partial charge in [-0.2, -0.15) is 0 Å². The van der Waals surface area contributed by atoms with Gasteiger partial charge in [0.1, 0.15) is 5.82 Å². The highest BCUT2D eigenvalue weighted by Crippen LogP contribution is 2.57. The van der Waals surface area contributed by atoms with Gasteiger partial charge in [-0.15, -0.1) is 0 Å². The van der Waals surface area contributed by atoms with Crippen molar-refractivity contribution in [2.24, 2.45) is 0 Å². The summed E-state index contributed by atoms with van der Waals surface area (Å²) in [4.78, 5) is 13.7. The predicted octanol–water partition coefficient (Wildman–Crippen LogP) is 11.4. The molecule has 2 aliphatic rings. The summed E-state index contributed by atoms with van der Waals surface area (Å²) in [6.07, 6.45) is 6.25. The number of anilines is 3. The number of carboxylic acids is 1. The molecule has 0 amide bonds. The molecule has 5 heteroatoms. The molecule has 2 heterocycles. The van der Waals surface area contributed by atoms with Crippen LogP contribution in [0.1, 0.15) is 89.9 Å². The molecule has 0 bridgehead atoms. The van der Waals surface area contributed by atoms with Crippen LogP contribution in [-0.2, 0) is 11.3 Å². The van der Waals surface area contributed by atoms with E-state index in [4.69, 9.17) is 0 Å². The first-order valence-electron chi connectivity index (χ1n) is 17.9. The number of unbranched alkanes of at least 4 members (excludes halogenated alkanes) is 3. The zero-order valence-corrected chi connectivity index (χ0v) is 29.2. The van der Waals surface area contributed by atoms with E-state index >= 15 is 0 Å². The standard InChI is InChI=1S/C44H47N3O2/c1-29-10-18-33(19-11-29)39-41-44(46(42(39)35-24-25-35)28-8-6-5-7-9-38(48)49)47(37-26-16-32(4)17-27-37)43(36-22-14-31(3)15-23-36)40(45-41)34-20-12-30(2)13-21-34/h10-23,26-27,35,45H,5-9,24-25,28H2,1-4H3,(H,48,49). The monoisotopic (exact) mass is 649 g/mol. The second kappa shape index (κ2) is 13.8. The summed E-state index contributed by atoms with van der Waals surface area (Å²) in [5.74, 6) is 0.970. The van der Waals surface area contributed by atoms with E-state index in [1.165, 1.54) is 57.7 Å². The molecule has 0 unspecified atom stereocenters. The van der Waals surface area contributed by atoms with Crippen molar-refractivity contribution < 1.29 is 9.90 Å². The van der Waals surface area contributed by atoms with Crippen molar-refractivity contribution in [1.29, 1.82) is 0 Å². The first-order chi connectivity index (χ1) is 23.8. The summed E-state index contributed by atoms with van der Waals surface area (Å²) in [7, 11) is 0. The van der Waals surface area contributed by atoms with Crippen LogP contribution >= 0.6 is 0 Å². The van der Waals surface area contributed by atoms with Gasteiger partial charge in [0.2, 0.25) is 0 Å². The SMILES string of the molecule is Cc1ccc(C2=C(c3ccc(C)cc3)N(c3ccc(C)cc3)c3c(c(-c4ccc(C)cc4)c(C4CC4)n3CCCCCCC(=O)O)N2)cc1. The third kappa shape index (κ3) is 6.80. The number of hydrogen-bond acceptors (Lipinski definition) is 3. The number of benzene rings is 4. The molecule has 250 valence electrons. The Hall–Kier alpha value is -5.03. The van der Waals surface area contributed by atoms with E-state index in [1.807, 2.05) is 0 Å². The van der Waals surface area contributed by atoms with Gasteiger partial charge in [0.25, 0.3) is 0 Å². The highest BCUT2D eigenvalue weighted by molar-refractivity contribution is 6.13. The van der Waals surface area contributed by atoms with Crippen LogP contribution < -0.4 is 10.2 Å². The largest absolute Gasteiger partial charge is 0.481 e. The fourth-order valence-electron chi connectivity index (χ4n) is 7.16. The topological polar surface area (TPSA) is 57.5 Å². The van der Waals surface area contributed by atoms with Gasteiger partial charge < -0.3 is 15.0 Å². The highest BCUT2D eigenvalue weighted by atomic mass is 16.4. The normalized spacial score (nSPS) is 14.2. The molecule has 0 spiro atoms. The first kappa shape index (κ1) is 32.5. The van der Waals surface area contributed by atoms with E-state index in [0.717, 1.165) is 66.1 Å². The molecule has 0 atom stereocenters. The van der Waals surface area contributed by atoms with Crippen molar-refractivity contribution in [3.05, 3.63) is 136 Å². The smallest absolute Gasteiger partial charge is 0.303 e. The molecule has 7 rings (SSSR count). The Morgan fingerprint density at radius 2 is 1.18 bits per heavy atom. The summed E-state index contributed by atoms with van der Waals surface area (Å²) in [5, 5.41) is 13.3. The first-order valence-corrected chi connectivity index (χ1v) is 17.9. The highest BCUT2D eigenvalue weighted by Gasteiger charge is 2.40. The molecule has 1 aliphatic carbocycles. The number of nitrogens with one attached hydrogen (secondary N) is 1. The number of carboxylic acid groups (broad SMARTS) is 1. The molecule has 5 aromatic rings. The average molecular weight is 650 g/mol. The number of carbonyl (C=O) groups is 1. The third-order valence-corrected chi connectivity index (χ3v) is 9.98. The van der Waals surface area contributed by atoms with Crippen molar-refractivity contribution in [2.75, 3.05) is 10.2 Å². The van der Waals surface area contributed by atoms with E-state index in [-0.39, 0.29) is 6.42 Å². The van der Waals surface area contributed by atoms with Gasteiger partial charge in [0.15, 0.2) is 0 Å². The fourth-order valence-corrected chi connectivity index (χ4v) is 7.16. The molecule has 0 radical (unpaired) electrons. The van der Waals surface area contributed by atoms with Gasteiger partial charge in [-0.3, -0.25) is 9.69 Å². The maximum Gasteiger partial charge on any atom is 0.303 e. The Bertz CT molecular complexity index is 1980. The lowest BCUT2D eigenvalue weighted by Gasteiger charge is -2.37. The number of aliphatic carboxylic acids is 1. The van der Waals surface area contributed by atoms with E-state index in [9.17, 15) is 9.90 Å². The summed E-state index contributed by atoms with van der Waals surface area (Å²) >= 11 is 0. The Morgan fingerprint density at radius 3 is 1.73 bits per heavy atom. The van der Waals surface area contributed by atoms with Gasteiger partial charge in [-0.05, 0) is 71.1 Å². The molecule has 1 aromatic heterocycles. The van der Waals surface area contributed by atoms with Crippen molar-refractivity contribution >= 4 is 34.6 Å². The lowest BCUT2D eigenvalue weighted by atomic mass is 9.96. The molecule has 49 heavy (non-hydrogen) atoms. The van der Waals surface area contributed by atoms with Gasteiger partial charge in [0, 0.05) is 47.0 Å². The maximum absolute atomic E-state index is 11.2. The summed E-state index contributed by atoms with van der Waals surface area (Å²) in [5.41, 5.74) is 15.7. The van der Waals surface area contributed by atoms with E-state index < -0.39 is 5.97 Å². The van der Waals surface area contributed by atoms with E-state index in [0.29, 0.717) is 5.92 Å². The molecule has 5 nitrogen and oxygen atoms in total. The van der Waals surface area contributed by atoms with Crippen LogP contribution in [-0.4, -0.2) is 15.6 Å². The number of rotatable bonds is 12. The zero-order chi connectivity index (χ0) is 34.1. The summed E-state index contributed by atoms with van der Waals surface area (Å²) in [6, 6.07) is 35.8. The Labute approximate surface area is 290 Å². The second-order valence-electron chi connectivity index (χ2n) is 14.1. The van der Waals surface area contributed by atoms with Crippen LogP contribution in [0.15, 0.2) is 97.1 Å². The Morgan fingerprint density at radius 1 is 0.673 bits per heavy atom. The second-order valence-corrected chi connectivity index (χ2v) is 14.1. The van der Waals surface area contributed by atoms with Crippen LogP contribution in [0, 0.1) is 27.7 Å².